The molecule has 3 rings (SSSR count). The lowest BCUT2D eigenvalue weighted by molar-refractivity contribution is -0.137. The van der Waals surface area contributed by atoms with Gasteiger partial charge >= 0.3 is 12.1 Å². The van der Waals surface area contributed by atoms with Crippen LogP contribution in [0.1, 0.15) is 26.3 Å². The van der Waals surface area contributed by atoms with Crippen LogP contribution in [0.5, 0.6) is 0 Å². The second-order valence-corrected chi connectivity index (χ2v) is 6.35. The van der Waals surface area contributed by atoms with Gasteiger partial charge in [-0.15, -0.1) is 0 Å². The Hall–Kier alpha value is -3.95. The summed E-state index contributed by atoms with van der Waals surface area (Å²) in [4.78, 5) is 38.7. The van der Waals surface area contributed by atoms with Crippen LogP contribution in [0.15, 0.2) is 59.5 Å². The van der Waals surface area contributed by atoms with Gasteiger partial charge in [0.1, 0.15) is 11.5 Å². The summed E-state index contributed by atoms with van der Waals surface area (Å²) in [6, 6.07) is 8.25. The highest BCUT2D eigenvalue weighted by atomic mass is 19.4. The molecule has 3 aromatic rings. The monoisotopic (exact) mass is 434 g/mol. The lowest BCUT2D eigenvalue weighted by Crippen LogP contribution is -2.21. The van der Waals surface area contributed by atoms with Crippen LogP contribution in [0.4, 0.5) is 23.2 Å². The molecule has 0 bridgehead atoms. The summed E-state index contributed by atoms with van der Waals surface area (Å²) in [6.07, 6.45) is -3.53. The third-order valence-electron chi connectivity index (χ3n) is 4.30. The van der Waals surface area contributed by atoms with Gasteiger partial charge in [-0.1, -0.05) is 18.2 Å². The van der Waals surface area contributed by atoms with Crippen LogP contribution in [0.25, 0.3) is 11.1 Å². The fourth-order valence-electron chi connectivity index (χ4n) is 2.82. The van der Waals surface area contributed by atoms with Crippen molar-refractivity contribution in [2.45, 2.75) is 6.18 Å². The van der Waals surface area contributed by atoms with Crippen LogP contribution >= 0.6 is 0 Å². The summed E-state index contributed by atoms with van der Waals surface area (Å²) in [6.45, 7) is 0. The molecule has 160 valence electrons. The number of amides is 1. The summed E-state index contributed by atoms with van der Waals surface area (Å²) >= 11 is 0. The van der Waals surface area contributed by atoms with Gasteiger partial charge in [0, 0.05) is 6.20 Å². The van der Waals surface area contributed by atoms with E-state index in [-0.39, 0.29) is 27.9 Å². The molecule has 0 unspecified atom stereocenters. The van der Waals surface area contributed by atoms with Gasteiger partial charge in [0.2, 0.25) is 0 Å². The first kappa shape index (κ1) is 21.8. The van der Waals surface area contributed by atoms with E-state index in [1.807, 2.05) is 0 Å². The van der Waals surface area contributed by atoms with E-state index in [9.17, 15) is 31.9 Å². The van der Waals surface area contributed by atoms with Crippen molar-refractivity contribution in [2.75, 3.05) is 12.4 Å². The number of benzene rings is 2. The summed E-state index contributed by atoms with van der Waals surface area (Å²) in [5.74, 6) is -2.54. The minimum atomic E-state index is -4.61. The first-order chi connectivity index (χ1) is 14.6. The van der Waals surface area contributed by atoms with E-state index in [1.165, 1.54) is 6.07 Å². The number of alkyl halides is 3. The first-order valence-corrected chi connectivity index (χ1v) is 8.69. The number of halogens is 4. The number of ether oxygens (including phenoxy) is 1. The van der Waals surface area contributed by atoms with Crippen molar-refractivity contribution in [1.29, 1.82) is 0 Å². The number of carbonyl (C=O) groups is 2. The highest BCUT2D eigenvalue weighted by molar-refractivity contribution is 6.09. The second-order valence-electron chi connectivity index (χ2n) is 6.35. The van der Waals surface area contributed by atoms with Gasteiger partial charge in [0.05, 0.1) is 23.8 Å². The van der Waals surface area contributed by atoms with Gasteiger partial charge in [-0.25, -0.2) is 9.18 Å². The molecule has 10 heteroatoms. The van der Waals surface area contributed by atoms with Crippen molar-refractivity contribution >= 4 is 17.6 Å². The Labute approximate surface area is 172 Å². The number of carbonyl (C=O) groups excluding carboxylic acids is 2. The number of methoxy groups -OCH3 is 1. The Morgan fingerprint density at radius 1 is 1.06 bits per heavy atom. The van der Waals surface area contributed by atoms with Crippen molar-refractivity contribution in [3.05, 3.63) is 87.6 Å². The van der Waals surface area contributed by atoms with Crippen LogP contribution in [0, 0.1) is 5.82 Å². The molecule has 1 aromatic heterocycles. The molecule has 0 atom stereocenters. The first-order valence-electron chi connectivity index (χ1n) is 8.69. The summed E-state index contributed by atoms with van der Waals surface area (Å²) in [5.41, 5.74) is -2.34. The Kier molecular flexibility index (Phi) is 5.91. The molecule has 0 aliphatic carbocycles. The molecule has 2 N–H and O–H groups in total. The predicted molar refractivity (Wildman–Crippen MR) is 103 cm³/mol. The SMILES string of the molecule is COC(=O)c1c[nH]c(=O)c(NC(=O)c2cc(F)ccc2-c2cccc(C(F)(F)F)c2)c1. The number of aromatic nitrogens is 1. The summed E-state index contributed by atoms with van der Waals surface area (Å²) < 4.78 is 57.5. The molecule has 0 aliphatic heterocycles. The smallest absolute Gasteiger partial charge is 0.416 e. The van der Waals surface area contributed by atoms with Crippen molar-refractivity contribution in [3.63, 3.8) is 0 Å². The number of nitrogens with one attached hydrogen (secondary N) is 2. The average Bonchev–Trinajstić information content (AvgIpc) is 2.74. The topological polar surface area (TPSA) is 88.3 Å². The lowest BCUT2D eigenvalue weighted by Gasteiger charge is -2.13. The highest BCUT2D eigenvalue weighted by Gasteiger charge is 2.30. The van der Waals surface area contributed by atoms with E-state index in [0.717, 1.165) is 55.8 Å². The molecule has 31 heavy (non-hydrogen) atoms. The van der Waals surface area contributed by atoms with Gasteiger partial charge in [0.25, 0.3) is 11.5 Å². The third-order valence-corrected chi connectivity index (χ3v) is 4.30. The fraction of sp³-hybridized carbons (Fsp3) is 0.0952. The minimum absolute atomic E-state index is 0.0190. The largest absolute Gasteiger partial charge is 0.465 e. The average molecular weight is 434 g/mol. The van der Waals surface area contributed by atoms with Crippen LogP contribution in [0.3, 0.4) is 0 Å². The molecule has 0 aliphatic rings. The third kappa shape index (κ3) is 4.80. The van der Waals surface area contributed by atoms with E-state index in [1.54, 1.807) is 0 Å². The second kappa shape index (κ2) is 8.42. The number of pyridine rings is 1. The minimum Gasteiger partial charge on any atom is -0.465 e. The Morgan fingerprint density at radius 2 is 1.81 bits per heavy atom. The van der Waals surface area contributed by atoms with E-state index in [0.29, 0.717) is 0 Å². The quantitative estimate of drug-likeness (QED) is 0.475. The van der Waals surface area contributed by atoms with Crippen molar-refractivity contribution in [3.8, 4) is 11.1 Å². The number of H-pyrrole nitrogens is 1. The molecule has 0 spiro atoms. The van der Waals surface area contributed by atoms with Crippen LogP contribution in [-0.2, 0) is 10.9 Å². The van der Waals surface area contributed by atoms with Crippen LogP contribution in [-0.4, -0.2) is 24.0 Å². The van der Waals surface area contributed by atoms with E-state index in [2.05, 4.69) is 15.0 Å². The van der Waals surface area contributed by atoms with E-state index < -0.39 is 35.0 Å². The van der Waals surface area contributed by atoms with Crippen molar-refractivity contribution in [1.82, 2.24) is 4.98 Å². The zero-order valence-electron chi connectivity index (χ0n) is 15.8. The number of hydrogen-bond acceptors (Lipinski definition) is 4. The molecule has 1 heterocycles. The molecule has 1 amide bonds. The van der Waals surface area contributed by atoms with Gasteiger partial charge in [-0.2, -0.15) is 13.2 Å². The number of anilines is 1. The van der Waals surface area contributed by atoms with E-state index >= 15 is 0 Å². The van der Waals surface area contributed by atoms with Crippen LogP contribution in [0.2, 0.25) is 0 Å². The normalized spacial score (nSPS) is 11.1. The molecule has 0 saturated carbocycles. The number of rotatable bonds is 4. The summed E-state index contributed by atoms with van der Waals surface area (Å²) in [7, 11) is 1.12. The lowest BCUT2D eigenvalue weighted by atomic mass is 9.97. The molecule has 6 nitrogen and oxygen atoms in total. The fourth-order valence-corrected chi connectivity index (χ4v) is 2.82. The summed E-state index contributed by atoms with van der Waals surface area (Å²) in [5, 5.41) is 2.25. The predicted octanol–water partition coefficient (Wildman–Crippen LogP) is 4.24. The maximum atomic E-state index is 13.8. The Bertz CT molecular complexity index is 1220. The molecule has 0 fully saturated rings. The zero-order chi connectivity index (χ0) is 22.8. The molecule has 0 radical (unpaired) electrons. The maximum Gasteiger partial charge on any atom is 0.416 e. The standard InChI is InChI=1S/C21H14F4N2O4/c1-31-20(30)12-8-17(19(29)26-10-12)27-18(28)16-9-14(22)5-6-15(16)11-3-2-4-13(7-11)21(23,24)25/h2-10H,1H3,(H,26,29)(H,27,28). The molecule has 0 saturated heterocycles. The Balaban J connectivity index is 2.03. The number of aromatic amines is 1. The molecular formula is C21H14F4N2O4. The van der Waals surface area contributed by atoms with Gasteiger partial charge in [-0.3, -0.25) is 9.59 Å². The van der Waals surface area contributed by atoms with Gasteiger partial charge in [-0.05, 0) is 41.5 Å². The van der Waals surface area contributed by atoms with Crippen LogP contribution < -0.4 is 10.9 Å². The van der Waals surface area contributed by atoms with Crippen molar-refractivity contribution in [2.24, 2.45) is 0 Å². The Morgan fingerprint density at radius 3 is 2.48 bits per heavy atom. The van der Waals surface area contributed by atoms with Gasteiger partial charge in [0.15, 0.2) is 0 Å². The maximum absolute atomic E-state index is 13.8. The van der Waals surface area contributed by atoms with E-state index in [4.69, 9.17) is 0 Å². The molecule has 2 aromatic carbocycles. The highest BCUT2D eigenvalue weighted by Crippen LogP contribution is 2.33. The number of esters is 1. The zero-order valence-corrected chi connectivity index (χ0v) is 15.8. The van der Waals surface area contributed by atoms with Crippen molar-refractivity contribution < 1.29 is 31.9 Å². The number of hydrogen-bond donors (Lipinski definition) is 2. The van der Waals surface area contributed by atoms with Gasteiger partial charge < -0.3 is 15.0 Å². The molecular weight excluding hydrogens is 420 g/mol.